The Hall–Kier alpha value is -2.64. The highest BCUT2D eigenvalue weighted by molar-refractivity contribution is 9.10. The number of nitrogens with one attached hydrogen (secondary N) is 1. The van der Waals surface area contributed by atoms with Crippen LogP contribution in [0, 0.1) is 6.92 Å². The van der Waals surface area contributed by atoms with Crippen LogP contribution >= 0.6 is 27.3 Å². The van der Waals surface area contributed by atoms with E-state index in [-0.39, 0.29) is 24.5 Å². The van der Waals surface area contributed by atoms with Gasteiger partial charge in [0, 0.05) is 27.6 Å². The Bertz CT molecular complexity index is 1070. The minimum atomic E-state index is -0.275. The van der Waals surface area contributed by atoms with Crippen LogP contribution in [0.25, 0.3) is 0 Å². The van der Waals surface area contributed by atoms with Crippen molar-refractivity contribution >= 4 is 44.9 Å². The summed E-state index contributed by atoms with van der Waals surface area (Å²) in [5, 5.41) is 4.98. The topological polar surface area (TPSA) is 52.7 Å². The Morgan fingerprint density at radius 2 is 1.82 bits per heavy atom. The third-order valence-corrected chi connectivity index (χ3v) is 7.14. The molecule has 2 aromatic carbocycles. The first kappa shape index (κ1) is 25.0. The van der Waals surface area contributed by atoms with Crippen molar-refractivity contribution in [3.8, 4) is 0 Å². The van der Waals surface area contributed by atoms with Gasteiger partial charge in [-0.25, -0.2) is 4.79 Å². The number of thiophene rings is 1. The highest BCUT2D eigenvalue weighted by atomic mass is 79.9. The standard InChI is InChI=1S/C26H30BrN3O2S/c1-4-20(3)30(26(32)28-23-12-8-11-22(27)15-23)18-25(31)29(16-21-9-6-5-7-10-21)17-24-19(2)13-14-33-24/h5-15,20H,4,16-18H2,1-3H3,(H,28,32). The Morgan fingerprint density at radius 1 is 1.06 bits per heavy atom. The summed E-state index contributed by atoms with van der Waals surface area (Å²) in [5.41, 5.74) is 2.93. The van der Waals surface area contributed by atoms with E-state index in [0.717, 1.165) is 21.3 Å². The number of anilines is 1. The number of halogens is 1. The van der Waals surface area contributed by atoms with Gasteiger partial charge >= 0.3 is 6.03 Å². The van der Waals surface area contributed by atoms with Crippen molar-refractivity contribution in [3.63, 3.8) is 0 Å². The van der Waals surface area contributed by atoms with Gasteiger partial charge in [0.25, 0.3) is 0 Å². The van der Waals surface area contributed by atoms with Gasteiger partial charge in [0.1, 0.15) is 6.54 Å². The molecule has 3 aromatic rings. The number of carbonyl (C=O) groups is 2. The molecule has 1 atom stereocenters. The second-order valence-electron chi connectivity index (χ2n) is 8.09. The van der Waals surface area contributed by atoms with Crippen molar-refractivity contribution in [3.05, 3.63) is 86.5 Å². The first-order valence-corrected chi connectivity index (χ1v) is 12.7. The smallest absolute Gasteiger partial charge is 0.322 e. The van der Waals surface area contributed by atoms with E-state index < -0.39 is 0 Å². The number of hydrogen-bond donors (Lipinski definition) is 1. The van der Waals surface area contributed by atoms with Crippen LogP contribution in [0.4, 0.5) is 10.5 Å². The molecule has 33 heavy (non-hydrogen) atoms. The van der Waals surface area contributed by atoms with E-state index in [1.54, 1.807) is 16.2 Å². The zero-order chi connectivity index (χ0) is 23.8. The first-order chi connectivity index (χ1) is 15.9. The van der Waals surface area contributed by atoms with Crippen molar-refractivity contribution in [2.24, 2.45) is 0 Å². The summed E-state index contributed by atoms with van der Waals surface area (Å²) < 4.78 is 0.881. The van der Waals surface area contributed by atoms with E-state index in [0.29, 0.717) is 18.8 Å². The van der Waals surface area contributed by atoms with Gasteiger partial charge in [-0.3, -0.25) is 4.79 Å². The number of nitrogens with zero attached hydrogens (tertiary/aromatic N) is 2. The van der Waals surface area contributed by atoms with Gasteiger partial charge in [0.15, 0.2) is 0 Å². The molecule has 0 aliphatic carbocycles. The molecule has 3 amide bonds. The Morgan fingerprint density at radius 3 is 2.45 bits per heavy atom. The summed E-state index contributed by atoms with van der Waals surface area (Å²) >= 11 is 5.09. The quantitative estimate of drug-likeness (QED) is 0.337. The molecule has 0 bridgehead atoms. The average molecular weight is 529 g/mol. The molecule has 3 rings (SSSR count). The summed E-state index contributed by atoms with van der Waals surface area (Å²) in [6, 6.07) is 19.1. The fraction of sp³-hybridized carbons (Fsp3) is 0.308. The summed E-state index contributed by atoms with van der Waals surface area (Å²) in [6.45, 7) is 7.10. The van der Waals surface area contributed by atoms with Crippen LogP contribution < -0.4 is 5.32 Å². The maximum Gasteiger partial charge on any atom is 0.322 e. The zero-order valence-electron chi connectivity index (χ0n) is 19.3. The van der Waals surface area contributed by atoms with Crippen LogP contribution in [0.3, 0.4) is 0 Å². The van der Waals surface area contributed by atoms with E-state index in [4.69, 9.17) is 0 Å². The lowest BCUT2D eigenvalue weighted by atomic mass is 10.2. The fourth-order valence-electron chi connectivity index (χ4n) is 3.43. The van der Waals surface area contributed by atoms with Crippen LogP contribution in [-0.2, 0) is 17.9 Å². The van der Waals surface area contributed by atoms with Gasteiger partial charge in [-0.2, -0.15) is 0 Å². The number of benzene rings is 2. The second-order valence-corrected chi connectivity index (χ2v) is 10.0. The Labute approximate surface area is 208 Å². The lowest BCUT2D eigenvalue weighted by Crippen LogP contribution is -2.47. The minimum absolute atomic E-state index is 0.0199. The number of aryl methyl sites for hydroxylation is 1. The second kappa shape index (κ2) is 12.0. The molecule has 1 N–H and O–H groups in total. The first-order valence-electron chi connectivity index (χ1n) is 11.0. The van der Waals surface area contributed by atoms with Crippen LogP contribution in [-0.4, -0.2) is 34.3 Å². The van der Waals surface area contributed by atoms with Crippen molar-refractivity contribution in [1.82, 2.24) is 9.80 Å². The summed E-state index contributed by atoms with van der Waals surface area (Å²) in [7, 11) is 0. The highest BCUT2D eigenvalue weighted by Crippen LogP contribution is 2.21. The molecule has 5 nitrogen and oxygen atoms in total. The number of amides is 3. The molecule has 0 spiro atoms. The highest BCUT2D eigenvalue weighted by Gasteiger charge is 2.25. The van der Waals surface area contributed by atoms with E-state index in [9.17, 15) is 9.59 Å². The summed E-state index contributed by atoms with van der Waals surface area (Å²) in [5.74, 6) is -0.0728. The molecule has 0 radical (unpaired) electrons. The predicted octanol–water partition coefficient (Wildman–Crippen LogP) is 6.68. The molecule has 1 unspecified atom stereocenters. The van der Waals surface area contributed by atoms with Crippen molar-refractivity contribution < 1.29 is 9.59 Å². The largest absolute Gasteiger partial charge is 0.332 e. The molecule has 0 aliphatic rings. The molecule has 0 fully saturated rings. The van der Waals surface area contributed by atoms with Gasteiger partial charge in [-0.15, -0.1) is 11.3 Å². The van der Waals surface area contributed by atoms with Crippen LogP contribution in [0.2, 0.25) is 0 Å². The predicted molar refractivity (Wildman–Crippen MR) is 139 cm³/mol. The SMILES string of the molecule is CCC(C)N(CC(=O)N(Cc1ccccc1)Cc1sccc1C)C(=O)Nc1cccc(Br)c1. The average Bonchev–Trinajstić information content (AvgIpc) is 3.21. The molecule has 1 aromatic heterocycles. The van der Waals surface area contributed by atoms with E-state index >= 15 is 0 Å². The molecular weight excluding hydrogens is 498 g/mol. The van der Waals surface area contributed by atoms with Gasteiger partial charge < -0.3 is 15.1 Å². The molecular formula is C26H30BrN3O2S. The normalized spacial score (nSPS) is 11.6. The number of rotatable bonds is 9. The molecule has 0 aliphatic heterocycles. The fourth-order valence-corrected chi connectivity index (χ4v) is 4.75. The van der Waals surface area contributed by atoms with Crippen molar-refractivity contribution in [1.29, 1.82) is 0 Å². The third kappa shape index (κ3) is 7.17. The molecule has 0 saturated carbocycles. The van der Waals surface area contributed by atoms with Crippen molar-refractivity contribution in [2.45, 2.75) is 46.3 Å². The van der Waals surface area contributed by atoms with Crippen LogP contribution in [0.15, 0.2) is 70.5 Å². The number of urea groups is 1. The molecule has 174 valence electrons. The van der Waals surface area contributed by atoms with E-state index in [1.165, 1.54) is 5.56 Å². The molecule has 0 saturated heterocycles. The van der Waals surface area contributed by atoms with Crippen LogP contribution in [0.5, 0.6) is 0 Å². The van der Waals surface area contributed by atoms with Gasteiger partial charge in [-0.1, -0.05) is 59.3 Å². The summed E-state index contributed by atoms with van der Waals surface area (Å²) in [4.78, 5) is 31.3. The van der Waals surface area contributed by atoms with E-state index in [2.05, 4.69) is 34.2 Å². The maximum atomic E-state index is 13.5. The molecule has 7 heteroatoms. The van der Waals surface area contributed by atoms with Gasteiger partial charge in [0.2, 0.25) is 5.91 Å². The van der Waals surface area contributed by atoms with Gasteiger partial charge in [0.05, 0.1) is 6.54 Å². The van der Waals surface area contributed by atoms with E-state index in [1.807, 2.05) is 78.7 Å². The monoisotopic (exact) mass is 527 g/mol. The number of hydrogen-bond acceptors (Lipinski definition) is 3. The lowest BCUT2D eigenvalue weighted by molar-refractivity contribution is -0.133. The maximum absolute atomic E-state index is 13.5. The van der Waals surface area contributed by atoms with Crippen LogP contribution in [0.1, 0.15) is 36.3 Å². The van der Waals surface area contributed by atoms with Crippen molar-refractivity contribution in [2.75, 3.05) is 11.9 Å². The Kier molecular flexibility index (Phi) is 9.09. The third-order valence-electron chi connectivity index (χ3n) is 5.64. The zero-order valence-corrected chi connectivity index (χ0v) is 21.7. The molecule has 1 heterocycles. The van der Waals surface area contributed by atoms with Gasteiger partial charge in [-0.05, 0) is 61.0 Å². The Balaban J connectivity index is 1.79. The minimum Gasteiger partial charge on any atom is -0.332 e. The number of carbonyl (C=O) groups excluding carboxylic acids is 2. The lowest BCUT2D eigenvalue weighted by Gasteiger charge is -2.31. The summed E-state index contributed by atoms with van der Waals surface area (Å²) in [6.07, 6.45) is 0.752.